The number of nitrogens with one attached hydrogen (secondary N) is 1. The topological polar surface area (TPSA) is 49.0 Å². The fourth-order valence-corrected chi connectivity index (χ4v) is 3.88. The van der Waals surface area contributed by atoms with E-state index in [4.69, 9.17) is 18.9 Å². The lowest BCUT2D eigenvalue weighted by Gasteiger charge is -2.33. The zero-order chi connectivity index (χ0) is 20.8. The van der Waals surface area contributed by atoms with Gasteiger partial charge in [-0.05, 0) is 23.8 Å². The first kappa shape index (κ1) is 20.1. The number of rotatable bonds is 8. The molecule has 30 heavy (non-hydrogen) atoms. The van der Waals surface area contributed by atoms with Gasteiger partial charge in [0.05, 0.1) is 14.2 Å². The fourth-order valence-electron chi connectivity index (χ4n) is 3.88. The monoisotopic (exact) mass is 405 g/mol. The molecule has 156 valence electrons. The first-order valence-corrected chi connectivity index (χ1v) is 10.2. The second kappa shape index (κ2) is 9.55. The molecule has 0 saturated carbocycles. The molecular weight excluding hydrogens is 378 g/mol. The summed E-state index contributed by atoms with van der Waals surface area (Å²) in [5.74, 6) is 3.15. The van der Waals surface area contributed by atoms with Gasteiger partial charge in [-0.3, -0.25) is 5.32 Å². The molecular formula is C25H27NO4. The van der Waals surface area contributed by atoms with Crippen LogP contribution in [0.5, 0.6) is 23.0 Å². The third kappa shape index (κ3) is 4.36. The van der Waals surface area contributed by atoms with Crippen LogP contribution in [0.15, 0.2) is 72.8 Å². The molecule has 1 aliphatic heterocycles. The second-order valence-electron chi connectivity index (χ2n) is 7.14. The molecule has 5 nitrogen and oxygen atoms in total. The molecule has 1 heterocycles. The Balaban J connectivity index is 1.40. The summed E-state index contributed by atoms with van der Waals surface area (Å²) in [6.07, 6.45) is 0.771. The van der Waals surface area contributed by atoms with Gasteiger partial charge in [-0.2, -0.15) is 0 Å². The van der Waals surface area contributed by atoms with Gasteiger partial charge in [0.25, 0.3) is 0 Å². The van der Waals surface area contributed by atoms with Crippen LogP contribution >= 0.6 is 0 Å². The molecule has 4 rings (SSSR count). The van der Waals surface area contributed by atoms with E-state index in [1.165, 1.54) is 11.1 Å². The molecule has 0 bridgehead atoms. The molecule has 0 aromatic heterocycles. The van der Waals surface area contributed by atoms with Gasteiger partial charge in [-0.15, -0.1) is 0 Å². The SMILES string of the molecule is COc1cccc(OC)c1OCCN[C@H]1C[C@@H](c2ccccc2)c2ccccc2O1. The highest BCUT2D eigenvalue weighted by Crippen LogP contribution is 2.40. The minimum atomic E-state index is -0.0896. The Bertz CT molecular complexity index is 938. The van der Waals surface area contributed by atoms with Crippen molar-refractivity contribution < 1.29 is 18.9 Å². The third-order valence-corrected chi connectivity index (χ3v) is 5.32. The van der Waals surface area contributed by atoms with Crippen molar-refractivity contribution in [1.29, 1.82) is 0 Å². The lowest BCUT2D eigenvalue weighted by molar-refractivity contribution is 0.124. The maximum atomic E-state index is 6.21. The molecule has 1 N–H and O–H groups in total. The van der Waals surface area contributed by atoms with E-state index in [-0.39, 0.29) is 6.23 Å². The largest absolute Gasteiger partial charge is 0.493 e. The summed E-state index contributed by atoms with van der Waals surface area (Å²) >= 11 is 0. The van der Waals surface area contributed by atoms with E-state index < -0.39 is 0 Å². The zero-order valence-electron chi connectivity index (χ0n) is 17.3. The molecule has 0 fully saturated rings. The Morgan fingerprint density at radius 3 is 2.30 bits per heavy atom. The van der Waals surface area contributed by atoms with Crippen LogP contribution in [0, 0.1) is 0 Å². The number of hydrogen-bond donors (Lipinski definition) is 1. The lowest BCUT2D eigenvalue weighted by atomic mass is 9.86. The van der Waals surface area contributed by atoms with Crippen molar-refractivity contribution in [3.8, 4) is 23.0 Å². The van der Waals surface area contributed by atoms with Crippen molar-refractivity contribution in [3.05, 3.63) is 83.9 Å². The average molecular weight is 405 g/mol. The maximum absolute atomic E-state index is 6.21. The van der Waals surface area contributed by atoms with Crippen molar-refractivity contribution in [2.75, 3.05) is 27.4 Å². The highest BCUT2D eigenvalue weighted by molar-refractivity contribution is 5.51. The number of benzene rings is 3. The van der Waals surface area contributed by atoms with E-state index in [2.05, 4.69) is 41.7 Å². The first-order chi connectivity index (χ1) is 14.8. The first-order valence-electron chi connectivity index (χ1n) is 10.2. The van der Waals surface area contributed by atoms with Crippen LogP contribution in [0.3, 0.4) is 0 Å². The quantitative estimate of drug-likeness (QED) is 0.555. The van der Waals surface area contributed by atoms with Gasteiger partial charge in [0.15, 0.2) is 17.7 Å². The Kier molecular flexibility index (Phi) is 6.40. The van der Waals surface area contributed by atoms with E-state index in [0.717, 1.165) is 12.2 Å². The molecule has 3 aromatic rings. The van der Waals surface area contributed by atoms with Gasteiger partial charge >= 0.3 is 0 Å². The van der Waals surface area contributed by atoms with Gasteiger partial charge in [0.2, 0.25) is 5.75 Å². The number of methoxy groups -OCH3 is 2. The van der Waals surface area contributed by atoms with E-state index in [9.17, 15) is 0 Å². The number of ether oxygens (including phenoxy) is 4. The minimum absolute atomic E-state index is 0.0896. The highest BCUT2D eigenvalue weighted by atomic mass is 16.5. The van der Waals surface area contributed by atoms with E-state index in [0.29, 0.717) is 36.3 Å². The molecule has 0 unspecified atom stereocenters. The molecule has 1 aliphatic rings. The van der Waals surface area contributed by atoms with E-state index in [1.54, 1.807) is 14.2 Å². The summed E-state index contributed by atoms with van der Waals surface area (Å²) in [4.78, 5) is 0. The molecule has 0 saturated heterocycles. The highest BCUT2D eigenvalue weighted by Gasteiger charge is 2.28. The van der Waals surface area contributed by atoms with Gasteiger partial charge in [0.1, 0.15) is 12.4 Å². The molecule has 0 aliphatic carbocycles. The normalized spacial score (nSPS) is 17.5. The van der Waals surface area contributed by atoms with Crippen LogP contribution in [0.1, 0.15) is 23.5 Å². The van der Waals surface area contributed by atoms with Crippen LogP contribution in [0.4, 0.5) is 0 Å². The van der Waals surface area contributed by atoms with Crippen molar-refractivity contribution in [3.63, 3.8) is 0 Å². The average Bonchev–Trinajstić information content (AvgIpc) is 2.81. The van der Waals surface area contributed by atoms with Crippen LogP contribution in [0.25, 0.3) is 0 Å². The molecule has 0 radical (unpaired) electrons. The smallest absolute Gasteiger partial charge is 0.203 e. The molecule has 2 atom stereocenters. The summed E-state index contributed by atoms with van der Waals surface area (Å²) in [5, 5.41) is 3.48. The van der Waals surface area contributed by atoms with E-state index in [1.807, 2.05) is 36.4 Å². The maximum Gasteiger partial charge on any atom is 0.203 e. The summed E-state index contributed by atoms with van der Waals surface area (Å²) in [7, 11) is 3.24. The standard InChI is InChI=1S/C25H27NO4/c1-27-22-13-8-14-23(28-2)25(22)29-16-15-26-24-17-20(18-9-4-3-5-10-18)19-11-6-7-12-21(19)30-24/h3-14,20,24,26H,15-17H2,1-2H3/t20-,24+/m0/s1. The van der Waals surface area contributed by atoms with Gasteiger partial charge < -0.3 is 18.9 Å². The zero-order valence-corrected chi connectivity index (χ0v) is 17.3. The lowest BCUT2D eigenvalue weighted by Crippen LogP contribution is -2.40. The molecule has 5 heteroatoms. The predicted octanol–water partition coefficient (Wildman–Crippen LogP) is 4.61. The summed E-state index contributed by atoms with van der Waals surface area (Å²) in [6.45, 7) is 1.10. The van der Waals surface area contributed by atoms with Crippen LogP contribution in [-0.2, 0) is 0 Å². The minimum Gasteiger partial charge on any atom is -0.493 e. The van der Waals surface area contributed by atoms with Gasteiger partial charge in [0, 0.05) is 24.4 Å². The Morgan fingerprint density at radius 2 is 1.57 bits per heavy atom. The summed E-state index contributed by atoms with van der Waals surface area (Å²) in [5.41, 5.74) is 2.53. The summed E-state index contributed by atoms with van der Waals surface area (Å²) < 4.78 is 22.9. The van der Waals surface area contributed by atoms with Gasteiger partial charge in [-0.1, -0.05) is 54.6 Å². The Hall–Kier alpha value is -3.18. The van der Waals surface area contributed by atoms with Crippen molar-refractivity contribution in [1.82, 2.24) is 5.32 Å². The number of fused-ring (bicyclic) bond motifs is 1. The Labute approximate surface area is 177 Å². The Morgan fingerprint density at radius 1 is 0.867 bits per heavy atom. The van der Waals surface area contributed by atoms with Crippen molar-refractivity contribution in [2.45, 2.75) is 18.6 Å². The number of para-hydroxylation sites is 2. The molecule has 0 spiro atoms. The predicted molar refractivity (Wildman–Crippen MR) is 117 cm³/mol. The van der Waals surface area contributed by atoms with Crippen molar-refractivity contribution >= 4 is 0 Å². The summed E-state index contributed by atoms with van der Waals surface area (Å²) in [6, 6.07) is 24.5. The van der Waals surface area contributed by atoms with Gasteiger partial charge in [-0.25, -0.2) is 0 Å². The second-order valence-corrected chi connectivity index (χ2v) is 7.14. The molecule has 3 aromatic carbocycles. The van der Waals surface area contributed by atoms with Crippen LogP contribution < -0.4 is 24.3 Å². The van der Waals surface area contributed by atoms with Crippen LogP contribution in [0.2, 0.25) is 0 Å². The third-order valence-electron chi connectivity index (χ3n) is 5.32. The fraction of sp³-hybridized carbons (Fsp3) is 0.280. The number of hydrogen-bond acceptors (Lipinski definition) is 5. The van der Waals surface area contributed by atoms with Crippen LogP contribution in [-0.4, -0.2) is 33.6 Å². The van der Waals surface area contributed by atoms with Crippen molar-refractivity contribution in [2.24, 2.45) is 0 Å². The van der Waals surface area contributed by atoms with E-state index >= 15 is 0 Å². The molecule has 0 amide bonds.